The van der Waals surface area contributed by atoms with Gasteiger partial charge in [-0.25, -0.2) is 17.6 Å². The number of pyridine rings is 1. The van der Waals surface area contributed by atoms with Crippen LogP contribution in [0.1, 0.15) is 78.4 Å². The SMILES string of the molecule is CCOC(=O)[C@H]1CC[C@H](n2ncc(C(=O)N(Cc3cc(F)cc(F)c3)CC(O)c3c(Cl)cncc3Cl)c2C(F)F)CC1. The molecule has 1 fully saturated rings. The molecule has 1 saturated carbocycles. The average molecular weight is 631 g/mol. The summed E-state index contributed by atoms with van der Waals surface area (Å²) in [5.74, 6) is -3.45. The Morgan fingerprint density at radius 2 is 1.69 bits per heavy atom. The summed E-state index contributed by atoms with van der Waals surface area (Å²) >= 11 is 12.3. The fourth-order valence-corrected chi connectivity index (χ4v) is 5.83. The molecule has 1 amide bonds. The maximum Gasteiger partial charge on any atom is 0.308 e. The topological polar surface area (TPSA) is 97.6 Å². The second-order valence-electron chi connectivity index (χ2n) is 9.94. The first kappa shape index (κ1) is 31.7. The number of carbonyl (C=O) groups is 2. The van der Waals surface area contributed by atoms with Crippen molar-refractivity contribution >= 4 is 35.1 Å². The zero-order valence-electron chi connectivity index (χ0n) is 22.5. The maximum atomic E-state index is 14.5. The number of rotatable bonds is 10. The van der Waals surface area contributed by atoms with Crippen molar-refractivity contribution in [1.82, 2.24) is 19.7 Å². The molecule has 42 heavy (non-hydrogen) atoms. The molecule has 0 bridgehead atoms. The average Bonchev–Trinajstić information content (AvgIpc) is 3.37. The van der Waals surface area contributed by atoms with Crippen LogP contribution in [-0.2, 0) is 16.1 Å². The lowest BCUT2D eigenvalue weighted by atomic mass is 9.86. The highest BCUT2D eigenvalue weighted by Gasteiger charge is 2.35. The van der Waals surface area contributed by atoms with Crippen molar-refractivity contribution < 1.29 is 37.0 Å². The van der Waals surface area contributed by atoms with Crippen molar-refractivity contribution in [2.75, 3.05) is 13.2 Å². The van der Waals surface area contributed by atoms with Crippen LogP contribution in [0.4, 0.5) is 17.6 Å². The van der Waals surface area contributed by atoms with Crippen molar-refractivity contribution in [3.05, 3.63) is 80.9 Å². The second-order valence-corrected chi connectivity index (χ2v) is 10.8. The fourth-order valence-electron chi connectivity index (χ4n) is 5.21. The number of carbonyl (C=O) groups excluding carboxylic acids is 2. The van der Waals surface area contributed by atoms with Gasteiger partial charge in [0.1, 0.15) is 17.3 Å². The number of amides is 1. The number of alkyl halides is 2. The summed E-state index contributed by atoms with van der Waals surface area (Å²) in [6.07, 6.45) is 0.420. The predicted octanol–water partition coefficient (Wildman–Crippen LogP) is 6.47. The number of aromatic nitrogens is 3. The standard InChI is InChI=1S/C28H28Cl2F4N4O4/c1-2-42-28(41)16-3-5-19(6-4-16)38-25(26(33)34)20(10-36-38)27(40)37(13-15-7-17(31)9-18(32)8-15)14-23(39)24-21(29)11-35-12-22(24)30/h7-12,16,19,23,26,39H,2-6,13-14H2,1H3/t16-,19-,23?. The summed E-state index contributed by atoms with van der Waals surface area (Å²) < 4.78 is 63.0. The Morgan fingerprint density at radius 1 is 1.07 bits per heavy atom. The summed E-state index contributed by atoms with van der Waals surface area (Å²) in [5.41, 5.74) is -1.01. The van der Waals surface area contributed by atoms with Gasteiger partial charge in [-0.1, -0.05) is 23.2 Å². The van der Waals surface area contributed by atoms with Gasteiger partial charge >= 0.3 is 5.97 Å². The van der Waals surface area contributed by atoms with Gasteiger partial charge in [-0.2, -0.15) is 5.10 Å². The molecule has 1 unspecified atom stereocenters. The molecule has 226 valence electrons. The molecule has 1 aliphatic rings. The first-order valence-corrected chi connectivity index (χ1v) is 14.0. The lowest BCUT2D eigenvalue weighted by Crippen LogP contribution is -2.35. The van der Waals surface area contributed by atoms with Crippen LogP contribution in [0.25, 0.3) is 0 Å². The number of aliphatic hydroxyl groups is 1. The van der Waals surface area contributed by atoms with E-state index in [2.05, 4.69) is 10.1 Å². The van der Waals surface area contributed by atoms with E-state index in [1.807, 2.05) is 0 Å². The fraction of sp³-hybridized carbons (Fsp3) is 0.429. The van der Waals surface area contributed by atoms with Crippen molar-refractivity contribution in [2.45, 2.75) is 57.7 Å². The first-order valence-electron chi connectivity index (χ1n) is 13.2. The molecule has 0 saturated heterocycles. The minimum atomic E-state index is -3.10. The summed E-state index contributed by atoms with van der Waals surface area (Å²) in [6, 6.07) is 2.13. The highest BCUT2D eigenvalue weighted by molar-refractivity contribution is 6.35. The maximum absolute atomic E-state index is 14.5. The molecule has 2 aromatic heterocycles. The largest absolute Gasteiger partial charge is 0.466 e. The molecule has 4 rings (SSSR count). The van der Waals surface area contributed by atoms with E-state index in [1.54, 1.807) is 6.92 Å². The van der Waals surface area contributed by atoms with Gasteiger partial charge in [0.2, 0.25) is 0 Å². The number of ether oxygens (including phenoxy) is 1. The molecule has 3 aromatic rings. The minimum Gasteiger partial charge on any atom is -0.466 e. The summed E-state index contributed by atoms with van der Waals surface area (Å²) in [6.45, 7) is 0.988. The van der Waals surface area contributed by atoms with Crippen LogP contribution >= 0.6 is 23.2 Å². The number of hydrogen-bond donors (Lipinski definition) is 1. The Hall–Kier alpha value is -3.22. The van der Waals surface area contributed by atoms with Crippen molar-refractivity contribution in [3.63, 3.8) is 0 Å². The molecule has 14 heteroatoms. The zero-order chi connectivity index (χ0) is 30.6. The lowest BCUT2D eigenvalue weighted by Gasteiger charge is -2.29. The van der Waals surface area contributed by atoms with Crippen molar-refractivity contribution in [1.29, 1.82) is 0 Å². The first-order chi connectivity index (χ1) is 20.0. The van der Waals surface area contributed by atoms with E-state index < -0.39 is 60.5 Å². The number of hydrogen-bond acceptors (Lipinski definition) is 6. The molecular weight excluding hydrogens is 603 g/mol. The number of nitrogens with zero attached hydrogens (tertiary/aromatic N) is 4. The van der Waals surface area contributed by atoms with Gasteiger partial charge in [0, 0.05) is 30.6 Å². The quantitative estimate of drug-likeness (QED) is 0.204. The predicted molar refractivity (Wildman–Crippen MR) is 145 cm³/mol. The lowest BCUT2D eigenvalue weighted by molar-refractivity contribution is -0.149. The van der Waals surface area contributed by atoms with E-state index in [9.17, 15) is 32.3 Å². The van der Waals surface area contributed by atoms with Gasteiger partial charge in [-0.3, -0.25) is 19.3 Å². The van der Waals surface area contributed by atoms with Crippen LogP contribution in [0.2, 0.25) is 10.0 Å². The van der Waals surface area contributed by atoms with Crippen LogP contribution < -0.4 is 0 Å². The Kier molecular flexibility index (Phi) is 10.4. The molecule has 1 N–H and O–H groups in total. The number of aliphatic hydroxyl groups excluding tert-OH is 1. The molecule has 1 aliphatic carbocycles. The second kappa shape index (κ2) is 13.8. The monoisotopic (exact) mass is 630 g/mol. The molecule has 0 radical (unpaired) electrons. The third-order valence-electron chi connectivity index (χ3n) is 7.13. The van der Waals surface area contributed by atoms with Gasteiger partial charge in [-0.15, -0.1) is 0 Å². The Balaban J connectivity index is 1.65. The Labute approximate surface area is 249 Å². The highest BCUT2D eigenvalue weighted by Crippen LogP contribution is 2.37. The van der Waals surface area contributed by atoms with Crippen LogP contribution in [0, 0.1) is 17.6 Å². The van der Waals surface area contributed by atoms with Crippen LogP contribution in [0.15, 0.2) is 36.8 Å². The van der Waals surface area contributed by atoms with Crippen molar-refractivity contribution in [3.8, 4) is 0 Å². The normalized spacial score (nSPS) is 17.7. The molecule has 2 heterocycles. The van der Waals surface area contributed by atoms with Gasteiger partial charge in [0.05, 0.1) is 53.0 Å². The van der Waals surface area contributed by atoms with Crippen LogP contribution in [0.3, 0.4) is 0 Å². The summed E-state index contributed by atoms with van der Waals surface area (Å²) in [5, 5.41) is 15.1. The van der Waals surface area contributed by atoms with E-state index >= 15 is 0 Å². The number of halogens is 6. The molecule has 8 nitrogen and oxygen atoms in total. The van der Waals surface area contributed by atoms with E-state index in [-0.39, 0.29) is 39.7 Å². The van der Waals surface area contributed by atoms with E-state index in [1.165, 1.54) is 12.4 Å². The van der Waals surface area contributed by atoms with Gasteiger partial charge in [-0.05, 0) is 50.3 Å². The number of benzene rings is 1. The summed E-state index contributed by atoms with van der Waals surface area (Å²) in [4.78, 5) is 30.7. The Morgan fingerprint density at radius 3 is 2.26 bits per heavy atom. The van der Waals surface area contributed by atoms with Gasteiger partial charge in [0.25, 0.3) is 12.3 Å². The van der Waals surface area contributed by atoms with E-state index in [0.29, 0.717) is 31.7 Å². The molecular formula is C28H28Cl2F4N4O4. The van der Waals surface area contributed by atoms with E-state index in [0.717, 1.165) is 27.9 Å². The smallest absolute Gasteiger partial charge is 0.308 e. The van der Waals surface area contributed by atoms with Gasteiger partial charge < -0.3 is 14.7 Å². The third-order valence-corrected chi connectivity index (χ3v) is 7.74. The van der Waals surface area contributed by atoms with Crippen molar-refractivity contribution in [2.24, 2.45) is 5.92 Å². The molecule has 1 aromatic carbocycles. The number of esters is 1. The third kappa shape index (κ3) is 7.22. The molecule has 1 atom stereocenters. The zero-order valence-corrected chi connectivity index (χ0v) is 24.0. The van der Waals surface area contributed by atoms with Crippen LogP contribution in [-0.4, -0.2) is 49.8 Å². The molecule has 0 aliphatic heterocycles. The minimum absolute atomic E-state index is 0.00120. The van der Waals surface area contributed by atoms with Gasteiger partial charge in [0.15, 0.2) is 0 Å². The molecule has 0 spiro atoms. The summed E-state index contributed by atoms with van der Waals surface area (Å²) in [7, 11) is 0. The Bertz CT molecular complexity index is 1390. The van der Waals surface area contributed by atoms with Crippen LogP contribution in [0.5, 0.6) is 0 Å². The van der Waals surface area contributed by atoms with E-state index in [4.69, 9.17) is 27.9 Å². The highest BCUT2D eigenvalue weighted by atomic mass is 35.5.